The summed E-state index contributed by atoms with van der Waals surface area (Å²) in [5, 5.41) is 0. The zero-order valence-electron chi connectivity index (χ0n) is 9.13. The molecule has 0 N–H and O–H groups in total. The number of hydrogen-bond donors (Lipinski definition) is 0. The van der Waals surface area contributed by atoms with Crippen molar-refractivity contribution < 1.29 is 9.13 Å². The first kappa shape index (κ1) is 10.6. The quantitative estimate of drug-likeness (QED) is 0.725. The van der Waals surface area contributed by atoms with Crippen LogP contribution >= 0.6 is 0 Å². The van der Waals surface area contributed by atoms with Gasteiger partial charge in [-0.25, -0.2) is 4.39 Å². The van der Waals surface area contributed by atoms with Crippen LogP contribution in [-0.4, -0.2) is 13.2 Å². The van der Waals surface area contributed by atoms with Crippen LogP contribution in [0.25, 0.3) is 0 Å². The molecule has 0 atom stereocenters. The highest BCUT2D eigenvalue weighted by atomic mass is 19.1. The van der Waals surface area contributed by atoms with Crippen LogP contribution in [0.3, 0.4) is 0 Å². The van der Waals surface area contributed by atoms with Crippen LogP contribution in [-0.2, 0) is 16.8 Å². The van der Waals surface area contributed by atoms with Crippen LogP contribution in [0.2, 0.25) is 0 Å². The zero-order valence-corrected chi connectivity index (χ0v) is 9.13. The third kappa shape index (κ3) is 2.20. The summed E-state index contributed by atoms with van der Waals surface area (Å²) in [7, 11) is 0. The number of rotatable bonds is 2. The minimum atomic E-state index is -1.16. The fourth-order valence-corrected chi connectivity index (χ4v) is 2.02. The number of halogens is 1. The van der Waals surface area contributed by atoms with Gasteiger partial charge in [0.15, 0.2) is 0 Å². The number of aryl methyl sites for hydroxylation is 1. The lowest BCUT2D eigenvalue weighted by molar-refractivity contribution is -0.0114. The molecule has 0 saturated carbocycles. The molecular weight excluding hydrogens is 191 g/mol. The van der Waals surface area contributed by atoms with Crippen LogP contribution in [0, 0.1) is 0 Å². The van der Waals surface area contributed by atoms with E-state index in [1.54, 1.807) is 0 Å². The molecule has 0 unspecified atom stereocenters. The first-order valence-corrected chi connectivity index (χ1v) is 5.61. The summed E-state index contributed by atoms with van der Waals surface area (Å²) in [5.74, 6) is 0. The van der Waals surface area contributed by atoms with E-state index < -0.39 is 5.67 Å². The van der Waals surface area contributed by atoms with E-state index in [-0.39, 0.29) is 0 Å². The standard InChI is InChI=1S/C13H17FO/c1-2-11-3-5-12(6-4-11)13(14)7-9-15-10-8-13/h3-6H,2,7-10H2,1H3. The van der Waals surface area contributed by atoms with Crippen molar-refractivity contribution in [2.24, 2.45) is 0 Å². The average molecular weight is 208 g/mol. The number of ether oxygens (including phenoxy) is 1. The molecule has 0 aromatic heterocycles. The normalized spacial score (nSPS) is 20.1. The number of hydrogen-bond acceptors (Lipinski definition) is 1. The number of benzene rings is 1. The first-order valence-electron chi connectivity index (χ1n) is 5.61. The van der Waals surface area contributed by atoms with E-state index in [1.807, 2.05) is 24.3 Å². The molecule has 1 heterocycles. The molecule has 1 aromatic carbocycles. The number of alkyl halides is 1. The van der Waals surface area contributed by atoms with Gasteiger partial charge in [-0.15, -0.1) is 0 Å². The second-order valence-corrected chi connectivity index (χ2v) is 4.13. The van der Waals surface area contributed by atoms with Crippen LogP contribution < -0.4 is 0 Å². The van der Waals surface area contributed by atoms with Gasteiger partial charge in [-0.3, -0.25) is 0 Å². The van der Waals surface area contributed by atoms with Crippen molar-refractivity contribution in [2.45, 2.75) is 31.9 Å². The van der Waals surface area contributed by atoms with E-state index in [9.17, 15) is 4.39 Å². The fourth-order valence-electron chi connectivity index (χ4n) is 2.02. The Kier molecular flexibility index (Phi) is 3.06. The third-order valence-corrected chi connectivity index (χ3v) is 3.16. The van der Waals surface area contributed by atoms with Crippen molar-refractivity contribution in [3.63, 3.8) is 0 Å². The van der Waals surface area contributed by atoms with Crippen molar-refractivity contribution in [3.05, 3.63) is 35.4 Å². The largest absolute Gasteiger partial charge is 0.381 e. The summed E-state index contributed by atoms with van der Waals surface area (Å²) >= 11 is 0. The van der Waals surface area contributed by atoms with E-state index in [4.69, 9.17) is 4.74 Å². The summed E-state index contributed by atoms with van der Waals surface area (Å²) in [6.07, 6.45) is 1.97. The molecule has 0 aliphatic carbocycles. The minimum absolute atomic E-state index is 0.485. The zero-order chi connectivity index (χ0) is 10.7. The Morgan fingerprint density at radius 3 is 2.33 bits per heavy atom. The van der Waals surface area contributed by atoms with Crippen molar-refractivity contribution in [1.29, 1.82) is 0 Å². The molecule has 2 heteroatoms. The van der Waals surface area contributed by atoms with Gasteiger partial charge in [-0.1, -0.05) is 31.2 Å². The Labute approximate surface area is 90.3 Å². The maximum absolute atomic E-state index is 14.5. The smallest absolute Gasteiger partial charge is 0.140 e. The van der Waals surface area contributed by atoms with Gasteiger partial charge in [0, 0.05) is 26.1 Å². The van der Waals surface area contributed by atoms with Crippen LogP contribution in [0.5, 0.6) is 0 Å². The Morgan fingerprint density at radius 2 is 1.80 bits per heavy atom. The summed E-state index contributed by atoms with van der Waals surface area (Å²) in [5.41, 5.74) is 0.905. The van der Waals surface area contributed by atoms with E-state index in [0.29, 0.717) is 26.1 Å². The Balaban J connectivity index is 2.20. The molecule has 1 aromatic rings. The van der Waals surface area contributed by atoms with Gasteiger partial charge in [0.1, 0.15) is 5.67 Å². The van der Waals surface area contributed by atoms with Crippen LogP contribution in [0.15, 0.2) is 24.3 Å². The second kappa shape index (κ2) is 4.31. The van der Waals surface area contributed by atoms with Gasteiger partial charge in [0.25, 0.3) is 0 Å². The lowest BCUT2D eigenvalue weighted by Crippen LogP contribution is -2.29. The maximum Gasteiger partial charge on any atom is 0.140 e. The van der Waals surface area contributed by atoms with Crippen molar-refractivity contribution >= 4 is 0 Å². The Morgan fingerprint density at radius 1 is 1.20 bits per heavy atom. The topological polar surface area (TPSA) is 9.23 Å². The van der Waals surface area contributed by atoms with E-state index in [1.165, 1.54) is 5.56 Å². The van der Waals surface area contributed by atoms with Crippen molar-refractivity contribution in [3.8, 4) is 0 Å². The molecule has 82 valence electrons. The van der Waals surface area contributed by atoms with Crippen LogP contribution in [0.1, 0.15) is 30.9 Å². The molecule has 0 bridgehead atoms. The highest BCUT2D eigenvalue weighted by molar-refractivity contribution is 5.27. The van der Waals surface area contributed by atoms with Gasteiger partial charge < -0.3 is 4.74 Å². The SMILES string of the molecule is CCc1ccc(C2(F)CCOCC2)cc1. The highest BCUT2D eigenvalue weighted by Gasteiger charge is 2.33. The molecule has 15 heavy (non-hydrogen) atoms. The molecule has 1 saturated heterocycles. The lowest BCUT2D eigenvalue weighted by Gasteiger charge is -2.30. The second-order valence-electron chi connectivity index (χ2n) is 4.13. The van der Waals surface area contributed by atoms with Gasteiger partial charge in [-0.2, -0.15) is 0 Å². The van der Waals surface area contributed by atoms with Gasteiger partial charge in [0.2, 0.25) is 0 Å². The summed E-state index contributed by atoms with van der Waals surface area (Å²) in [4.78, 5) is 0. The molecule has 1 aliphatic rings. The molecule has 1 fully saturated rings. The molecule has 0 radical (unpaired) electrons. The molecule has 0 spiro atoms. The fraction of sp³-hybridized carbons (Fsp3) is 0.538. The Bertz CT molecular complexity index is 312. The van der Waals surface area contributed by atoms with E-state index in [0.717, 1.165) is 12.0 Å². The summed E-state index contributed by atoms with van der Waals surface area (Å²) in [6.45, 7) is 3.17. The average Bonchev–Trinajstić information content (AvgIpc) is 2.30. The van der Waals surface area contributed by atoms with E-state index >= 15 is 0 Å². The van der Waals surface area contributed by atoms with Crippen LogP contribution in [0.4, 0.5) is 4.39 Å². The van der Waals surface area contributed by atoms with Crippen molar-refractivity contribution in [1.82, 2.24) is 0 Å². The highest BCUT2D eigenvalue weighted by Crippen LogP contribution is 2.36. The van der Waals surface area contributed by atoms with E-state index in [2.05, 4.69) is 6.92 Å². The molecule has 0 amide bonds. The summed E-state index contributed by atoms with van der Waals surface area (Å²) in [6, 6.07) is 7.88. The third-order valence-electron chi connectivity index (χ3n) is 3.16. The van der Waals surface area contributed by atoms with Gasteiger partial charge in [-0.05, 0) is 17.5 Å². The predicted molar refractivity (Wildman–Crippen MR) is 58.7 cm³/mol. The molecule has 1 aliphatic heterocycles. The van der Waals surface area contributed by atoms with Gasteiger partial charge >= 0.3 is 0 Å². The minimum Gasteiger partial charge on any atom is -0.381 e. The lowest BCUT2D eigenvalue weighted by atomic mass is 9.88. The summed E-state index contributed by atoms with van der Waals surface area (Å²) < 4.78 is 19.7. The molecule has 2 rings (SSSR count). The van der Waals surface area contributed by atoms with Crippen molar-refractivity contribution in [2.75, 3.05) is 13.2 Å². The van der Waals surface area contributed by atoms with Gasteiger partial charge in [0.05, 0.1) is 0 Å². The monoisotopic (exact) mass is 208 g/mol. The molecule has 1 nitrogen and oxygen atoms in total. The molecular formula is C13H17FO. The Hall–Kier alpha value is -0.890. The predicted octanol–water partition coefficient (Wildman–Crippen LogP) is 3.22. The first-order chi connectivity index (χ1) is 7.24. The maximum atomic E-state index is 14.5.